The second kappa shape index (κ2) is 11.1. The zero-order chi connectivity index (χ0) is 23.1. The Kier molecular flexibility index (Phi) is 8.26. The number of piperidine rings is 1. The summed E-state index contributed by atoms with van der Waals surface area (Å²) >= 11 is 5.92. The number of amides is 1. The van der Waals surface area contributed by atoms with E-state index < -0.39 is 11.5 Å². The van der Waals surface area contributed by atoms with Gasteiger partial charge in [0.25, 0.3) is 11.5 Å². The molecule has 2 atom stereocenters. The molecule has 1 fully saturated rings. The van der Waals surface area contributed by atoms with Gasteiger partial charge in [-0.25, -0.2) is 0 Å². The van der Waals surface area contributed by atoms with Gasteiger partial charge in [-0.15, -0.1) is 0 Å². The van der Waals surface area contributed by atoms with Crippen LogP contribution in [0.1, 0.15) is 28.8 Å². The molecule has 9 nitrogen and oxygen atoms in total. The van der Waals surface area contributed by atoms with E-state index in [4.69, 9.17) is 26.8 Å². The number of anilines is 1. The SMILES string of the molecule is CO[C@H]1CN(CCC(=O)OCc2ccccc2)CC[C@H]1NC(=O)c1cc(Cl)c(N)[nH]c1=O. The number of nitrogen functional groups attached to an aromatic ring is 1. The summed E-state index contributed by atoms with van der Waals surface area (Å²) < 4.78 is 10.9. The first-order chi connectivity index (χ1) is 15.4. The number of rotatable bonds is 8. The van der Waals surface area contributed by atoms with Gasteiger partial charge in [0.15, 0.2) is 0 Å². The minimum absolute atomic E-state index is 0.0126. The van der Waals surface area contributed by atoms with Gasteiger partial charge in [0.05, 0.1) is 23.6 Å². The Morgan fingerprint density at radius 2 is 2.06 bits per heavy atom. The summed E-state index contributed by atoms with van der Waals surface area (Å²) in [7, 11) is 1.56. The smallest absolute Gasteiger partial charge is 0.307 e. The molecule has 0 radical (unpaired) electrons. The number of nitrogens with one attached hydrogen (secondary N) is 2. The molecule has 0 spiro atoms. The number of benzene rings is 1. The van der Waals surface area contributed by atoms with Crippen molar-refractivity contribution >= 4 is 29.3 Å². The molecule has 0 unspecified atom stereocenters. The van der Waals surface area contributed by atoms with Gasteiger partial charge in [0.1, 0.15) is 18.0 Å². The van der Waals surface area contributed by atoms with E-state index in [9.17, 15) is 14.4 Å². The first-order valence-corrected chi connectivity index (χ1v) is 10.7. The molecule has 32 heavy (non-hydrogen) atoms. The summed E-state index contributed by atoms with van der Waals surface area (Å²) in [5.74, 6) is -0.797. The van der Waals surface area contributed by atoms with Crippen molar-refractivity contribution in [2.45, 2.75) is 31.6 Å². The number of aromatic nitrogens is 1. The number of halogens is 1. The molecule has 1 saturated heterocycles. The van der Waals surface area contributed by atoms with Crippen LogP contribution in [0.25, 0.3) is 0 Å². The van der Waals surface area contributed by atoms with E-state index in [1.165, 1.54) is 6.07 Å². The maximum absolute atomic E-state index is 12.6. The highest BCUT2D eigenvalue weighted by Gasteiger charge is 2.31. The molecule has 10 heteroatoms. The van der Waals surface area contributed by atoms with Crippen LogP contribution < -0.4 is 16.6 Å². The molecule has 0 saturated carbocycles. The zero-order valence-electron chi connectivity index (χ0n) is 17.8. The largest absolute Gasteiger partial charge is 0.461 e. The first-order valence-electron chi connectivity index (χ1n) is 10.3. The minimum atomic E-state index is -0.607. The first kappa shape index (κ1) is 23.8. The summed E-state index contributed by atoms with van der Waals surface area (Å²) in [6, 6.07) is 10.5. The Morgan fingerprint density at radius 1 is 1.31 bits per heavy atom. The predicted octanol–water partition coefficient (Wildman–Crippen LogP) is 1.56. The van der Waals surface area contributed by atoms with E-state index >= 15 is 0 Å². The molecular formula is C22H27ClN4O5. The molecule has 4 N–H and O–H groups in total. The quantitative estimate of drug-likeness (QED) is 0.508. The van der Waals surface area contributed by atoms with Crippen molar-refractivity contribution in [1.29, 1.82) is 0 Å². The second-order valence-electron chi connectivity index (χ2n) is 7.61. The van der Waals surface area contributed by atoms with Crippen LogP contribution in [0.5, 0.6) is 0 Å². The zero-order valence-corrected chi connectivity index (χ0v) is 18.6. The lowest BCUT2D eigenvalue weighted by atomic mass is 10.0. The van der Waals surface area contributed by atoms with Crippen LogP contribution >= 0.6 is 11.6 Å². The van der Waals surface area contributed by atoms with Crippen LogP contribution in [0.3, 0.4) is 0 Å². The number of hydrogen-bond acceptors (Lipinski definition) is 7. The van der Waals surface area contributed by atoms with E-state index in [0.29, 0.717) is 26.1 Å². The third kappa shape index (κ3) is 6.32. The molecule has 172 valence electrons. The van der Waals surface area contributed by atoms with E-state index in [2.05, 4.69) is 15.2 Å². The van der Waals surface area contributed by atoms with Crippen LogP contribution in [-0.4, -0.2) is 60.7 Å². The number of methoxy groups -OCH3 is 1. The Bertz CT molecular complexity index is 998. The topological polar surface area (TPSA) is 127 Å². The number of carbonyl (C=O) groups is 2. The van der Waals surface area contributed by atoms with Crippen LogP contribution in [0.15, 0.2) is 41.2 Å². The molecule has 1 amide bonds. The van der Waals surface area contributed by atoms with E-state index in [0.717, 1.165) is 5.56 Å². The normalized spacial score (nSPS) is 18.8. The van der Waals surface area contributed by atoms with Crippen LogP contribution in [0.4, 0.5) is 5.82 Å². The minimum Gasteiger partial charge on any atom is -0.461 e. The number of likely N-dealkylation sites (tertiary alicyclic amines) is 1. The van der Waals surface area contributed by atoms with Gasteiger partial charge in [0, 0.05) is 26.7 Å². The van der Waals surface area contributed by atoms with Crippen LogP contribution in [-0.2, 0) is 20.9 Å². The van der Waals surface area contributed by atoms with Crippen molar-refractivity contribution in [2.75, 3.05) is 32.5 Å². The van der Waals surface area contributed by atoms with E-state index in [1.54, 1.807) is 7.11 Å². The average molecular weight is 463 g/mol. The number of nitrogens with two attached hydrogens (primary N) is 1. The lowest BCUT2D eigenvalue weighted by Crippen LogP contribution is -2.55. The predicted molar refractivity (Wildman–Crippen MR) is 120 cm³/mol. The average Bonchev–Trinajstić information content (AvgIpc) is 2.79. The van der Waals surface area contributed by atoms with Crippen LogP contribution in [0.2, 0.25) is 5.02 Å². The maximum Gasteiger partial charge on any atom is 0.307 e. The van der Waals surface area contributed by atoms with Crippen molar-refractivity contribution in [3.05, 3.63) is 62.9 Å². The Labute approximate surface area is 190 Å². The molecule has 0 bridgehead atoms. The highest BCUT2D eigenvalue weighted by molar-refractivity contribution is 6.33. The van der Waals surface area contributed by atoms with Gasteiger partial charge >= 0.3 is 5.97 Å². The molecule has 1 aliphatic rings. The fourth-order valence-electron chi connectivity index (χ4n) is 3.58. The second-order valence-corrected chi connectivity index (χ2v) is 8.02. The number of esters is 1. The molecule has 1 aromatic carbocycles. The van der Waals surface area contributed by atoms with E-state index in [1.807, 2.05) is 30.3 Å². The van der Waals surface area contributed by atoms with Gasteiger partial charge in [0.2, 0.25) is 0 Å². The lowest BCUT2D eigenvalue weighted by Gasteiger charge is -2.37. The molecule has 0 aliphatic carbocycles. The number of pyridine rings is 1. The number of H-pyrrole nitrogens is 1. The summed E-state index contributed by atoms with van der Waals surface area (Å²) in [4.78, 5) is 41.1. The van der Waals surface area contributed by atoms with Gasteiger partial charge in [-0.1, -0.05) is 41.9 Å². The number of ether oxygens (including phenoxy) is 2. The van der Waals surface area contributed by atoms with Crippen molar-refractivity contribution in [3.63, 3.8) is 0 Å². The summed E-state index contributed by atoms with van der Waals surface area (Å²) in [6.07, 6.45) is 0.570. The molecule has 3 rings (SSSR count). The highest BCUT2D eigenvalue weighted by Crippen LogP contribution is 2.17. The highest BCUT2D eigenvalue weighted by atomic mass is 35.5. The monoisotopic (exact) mass is 462 g/mol. The van der Waals surface area contributed by atoms with E-state index in [-0.39, 0.29) is 47.5 Å². The van der Waals surface area contributed by atoms with Gasteiger partial charge in [-0.3, -0.25) is 14.4 Å². The Balaban J connectivity index is 1.48. The molecule has 1 aromatic heterocycles. The van der Waals surface area contributed by atoms with Crippen molar-refractivity contribution in [1.82, 2.24) is 15.2 Å². The summed E-state index contributed by atoms with van der Waals surface area (Å²) in [5.41, 5.74) is 5.78. The number of nitrogens with zero attached hydrogens (tertiary/aromatic N) is 1. The van der Waals surface area contributed by atoms with Gasteiger partial charge in [-0.05, 0) is 18.1 Å². The Hall–Kier alpha value is -2.88. The standard InChI is InChI=1S/C22H27ClN4O5/c1-31-18-12-27(10-8-19(28)32-13-14-5-3-2-4-6-14)9-7-17(18)25-21(29)15-11-16(23)20(24)26-22(15)30/h2-6,11,17-18H,7-10,12-13H2,1H3,(H,25,29)(H3,24,26,30)/t17-,18+/m1/s1. The fraction of sp³-hybridized carbons (Fsp3) is 0.409. The third-order valence-corrected chi connectivity index (χ3v) is 5.72. The van der Waals surface area contributed by atoms with Crippen LogP contribution in [0, 0.1) is 0 Å². The van der Waals surface area contributed by atoms with Crippen molar-refractivity contribution in [2.24, 2.45) is 0 Å². The number of aromatic amines is 1. The lowest BCUT2D eigenvalue weighted by molar-refractivity contribution is -0.145. The molecule has 1 aliphatic heterocycles. The van der Waals surface area contributed by atoms with Gasteiger partial charge in [-0.2, -0.15) is 0 Å². The summed E-state index contributed by atoms with van der Waals surface area (Å²) in [5, 5.41) is 2.95. The number of carbonyl (C=O) groups excluding carboxylic acids is 2. The summed E-state index contributed by atoms with van der Waals surface area (Å²) in [6.45, 7) is 1.98. The Morgan fingerprint density at radius 3 is 2.78 bits per heavy atom. The third-order valence-electron chi connectivity index (χ3n) is 5.40. The molecule has 2 heterocycles. The maximum atomic E-state index is 12.6. The number of hydrogen-bond donors (Lipinski definition) is 3. The van der Waals surface area contributed by atoms with Crippen molar-refractivity contribution < 1.29 is 19.1 Å². The molecule has 2 aromatic rings. The molecular weight excluding hydrogens is 436 g/mol. The van der Waals surface area contributed by atoms with Gasteiger partial charge < -0.3 is 30.4 Å². The fourth-order valence-corrected chi connectivity index (χ4v) is 3.74. The van der Waals surface area contributed by atoms with Crippen molar-refractivity contribution in [3.8, 4) is 0 Å².